The number of aliphatic hydroxyl groups is 1. The van der Waals surface area contributed by atoms with Gasteiger partial charge in [0.15, 0.2) is 0 Å². The Labute approximate surface area is 128 Å². The second kappa shape index (κ2) is 7.24. The number of benzene rings is 1. The molecule has 1 atom stereocenters. The van der Waals surface area contributed by atoms with Gasteiger partial charge < -0.3 is 10.4 Å². The van der Waals surface area contributed by atoms with Crippen LogP contribution in [0.5, 0.6) is 0 Å². The molecule has 1 unspecified atom stereocenters. The number of nitrogens with one attached hydrogen (secondary N) is 1. The first-order valence-electron chi connectivity index (χ1n) is 7.19. The van der Waals surface area contributed by atoms with Crippen molar-refractivity contribution in [2.24, 2.45) is 0 Å². The van der Waals surface area contributed by atoms with Crippen molar-refractivity contribution in [3.8, 4) is 0 Å². The van der Waals surface area contributed by atoms with Gasteiger partial charge in [-0.05, 0) is 57.4 Å². The lowest BCUT2D eigenvalue weighted by Gasteiger charge is -2.21. The Balaban J connectivity index is 3.13. The van der Waals surface area contributed by atoms with Crippen molar-refractivity contribution in [1.82, 2.24) is 4.31 Å². The molecule has 1 rings (SSSR count). The summed E-state index contributed by atoms with van der Waals surface area (Å²) in [6.45, 7) is 8.36. The Morgan fingerprint density at radius 3 is 2.24 bits per heavy atom. The Morgan fingerprint density at radius 1 is 1.29 bits per heavy atom. The van der Waals surface area contributed by atoms with Crippen LogP contribution >= 0.6 is 0 Å². The molecule has 0 saturated carbocycles. The first-order valence-corrected chi connectivity index (χ1v) is 8.63. The number of nitrogens with zero attached hydrogens (tertiary/aromatic N) is 1. The predicted molar refractivity (Wildman–Crippen MR) is 86.2 cm³/mol. The van der Waals surface area contributed by atoms with E-state index in [0.29, 0.717) is 17.9 Å². The molecule has 0 fully saturated rings. The van der Waals surface area contributed by atoms with Gasteiger partial charge in [-0.1, -0.05) is 0 Å². The van der Waals surface area contributed by atoms with Gasteiger partial charge >= 0.3 is 0 Å². The number of aryl methyl sites for hydroxylation is 2. The number of anilines is 1. The Kier molecular flexibility index (Phi) is 6.19. The first-order chi connectivity index (χ1) is 9.70. The Bertz CT molecular complexity index is 560. The maximum absolute atomic E-state index is 12.7. The SMILES string of the molecule is CCNc1cc(C)c(S(=O)(=O)N(C)CCC(C)O)c(C)c1. The van der Waals surface area contributed by atoms with Crippen molar-refractivity contribution in [3.05, 3.63) is 23.3 Å². The molecule has 0 aliphatic rings. The molecule has 1 aromatic carbocycles. The van der Waals surface area contributed by atoms with Crippen LogP contribution in [0.25, 0.3) is 0 Å². The van der Waals surface area contributed by atoms with E-state index in [0.717, 1.165) is 23.4 Å². The van der Waals surface area contributed by atoms with Crippen molar-refractivity contribution in [1.29, 1.82) is 0 Å². The third kappa shape index (κ3) is 4.43. The smallest absolute Gasteiger partial charge is 0.243 e. The summed E-state index contributed by atoms with van der Waals surface area (Å²) in [6.07, 6.45) is -0.0930. The molecule has 120 valence electrons. The molecule has 0 heterocycles. The van der Waals surface area contributed by atoms with Crippen LogP contribution in [-0.4, -0.2) is 44.1 Å². The van der Waals surface area contributed by atoms with E-state index in [2.05, 4.69) is 5.32 Å². The maximum Gasteiger partial charge on any atom is 0.243 e. The summed E-state index contributed by atoms with van der Waals surface area (Å²) < 4.78 is 26.7. The summed E-state index contributed by atoms with van der Waals surface area (Å²) in [4.78, 5) is 0.359. The largest absolute Gasteiger partial charge is 0.393 e. The highest BCUT2D eigenvalue weighted by Crippen LogP contribution is 2.26. The summed E-state index contributed by atoms with van der Waals surface area (Å²) in [6, 6.07) is 3.71. The number of aliphatic hydroxyl groups excluding tert-OH is 1. The fraction of sp³-hybridized carbons (Fsp3) is 0.600. The van der Waals surface area contributed by atoms with Crippen LogP contribution in [0.1, 0.15) is 31.4 Å². The first kappa shape index (κ1) is 17.9. The van der Waals surface area contributed by atoms with Gasteiger partial charge in [-0.3, -0.25) is 0 Å². The van der Waals surface area contributed by atoms with Gasteiger partial charge in [-0.15, -0.1) is 0 Å². The highest BCUT2D eigenvalue weighted by molar-refractivity contribution is 7.89. The van der Waals surface area contributed by atoms with E-state index in [1.165, 1.54) is 4.31 Å². The second-order valence-corrected chi connectivity index (χ2v) is 7.42. The fourth-order valence-corrected chi connectivity index (χ4v) is 3.90. The molecular weight excluding hydrogens is 288 g/mol. The van der Waals surface area contributed by atoms with E-state index in [4.69, 9.17) is 0 Å². The van der Waals surface area contributed by atoms with Gasteiger partial charge in [0, 0.05) is 25.8 Å². The highest BCUT2D eigenvalue weighted by Gasteiger charge is 2.25. The Morgan fingerprint density at radius 2 is 1.81 bits per heavy atom. The van der Waals surface area contributed by atoms with Crippen molar-refractivity contribution in [2.75, 3.05) is 25.5 Å². The van der Waals surface area contributed by atoms with Crippen molar-refractivity contribution in [3.63, 3.8) is 0 Å². The monoisotopic (exact) mass is 314 g/mol. The summed E-state index contributed by atoms with van der Waals surface area (Å²) in [5.41, 5.74) is 2.39. The molecule has 2 N–H and O–H groups in total. The molecule has 0 bridgehead atoms. The van der Waals surface area contributed by atoms with Gasteiger partial charge in [-0.25, -0.2) is 12.7 Å². The van der Waals surface area contributed by atoms with E-state index < -0.39 is 16.1 Å². The molecule has 0 spiro atoms. The molecule has 6 heteroatoms. The number of sulfonamides is 1. The summed E-state index contributed by atoms with van der Waals surface area (Å²) >= 11 is 0. The van der Waals surface area contributed by atoms with E-state index >= 15 is 0 Å². The molecule has 0 aliphatic heterocycles. The lowest BCUT2D eigenvalue weighted by atomic mass is 10.1. The quantitative estimate of drug-likeness (QED) is 0.809. The van der Waals surface area contributed by atoms with Gasteiger partial charge in [0.1, 0.15) is 0 Å². The minimum atomic E-state index is -3.53. The minimum Gasteiger partial charge on any atom is -0.393 e. The van der Waals surface area contributed by atoms with Crippen LogP contribution < -0.4 is 5.32 Å². The third-order valence-electron chi connectivity index (χ3n) is 3.37. The zero-order chi connectivity index (χ0) is 16.2. The van der Waals surface area contributed by atoms with E-state index in [9.17, 15) is 13.5 Å². The summed E-state index contributed by atoms with van der Waals surface area (Å²) in [5, 5.41) is 12.5. The Hall–Kier alpha value is -1.11. The number of hydrogen-bond acceptors (Lipinski definition) is 4. The standard InChI is InChI=1S/C15H26N2O3S/c1-6-16-14-9-11(2)15(12(3)10-14)21(19,20)17(5)8-7-13(4)18/h9-10,13,16,18H,6-8H2,1-5H3. The highest BCUT2D eigenvalue weighted by atomic mass is 32.2. The molecule has 0 saturated heterocycles. The lowest BCUT2D eigenvalue weighted by molar-refractivity contribution is 0.177. The van der Waals surface area contributed by atoms with Crippen LogP contribution in [0.2, 0.25) is 0 Å². The van der Waals surface area contributed by atoms with Gasteiger partial charge in [0.2, 0.25) is 10.0 Å². The summed E-state index contributed by atoms with van der Waals surface area (Å²) in [7, 11) is -1.98. The summed E-state index contributed by atoms with van der Waals surface area (Å²) in [5.74, 6) is 0. The average molecular weight is 314 g/mol. The second-order valence-electron chi connectivity index (χ2n) is 5.43. The van der Waals surface area contributed by atoms with Crippen LogP contribution in [0.15, 0.2) is 17.0 Å². The predicted octanol–water partition coefficient (Wildman–Crippen LogP) is 2.13. The van der Waals surface area contributed by atoms with Crippen LogP contribution in [0.4, 0.5) is 5.69 Å². The van der Waals surface area contributed by atoms with Gasteiger partial charge in [-0.2, -0.15) is 0 Å². The fourth-order valence-electron chi connectivity index (χ4n) is 2.31. The van der Waals surface area contributed by atoms with E-state index in [-0.39, 0.29) is 0 Å². The van der Waals surface area contributed by atoms with Crippen LogP contribution in [0, 0.1) is 13.8 Å². The molecule has 0 radical (unpaired) electrons. The minimum absolute atomic E-state index is 0.299. The molecular formula is C15H26N2O3S. The molecule has 1 aromatic rings. The van der Waals surface area contributed by atoms with E-state index in [1.807, 2.05) is 32.9 Å². The maximum atomic E-state index is 12.7. The van der Waals surface area contributed by atoms with Gasteiger partial charge in [0.25, 0.3) is 0 Å². The van der Waals surface area contributed by atoms with Crippen molar-refractivity contribution >= 4 is 15.7 Å². The molecule has 0 aromatic heterocycles. The van der Waals surface area contributed by atoms with Gasteiger partial charge in [0.05, 0.1) is 11.0 Å². The number of hydrogen-bond donors (Lipinski definition) is 2. The molecule has 0 aliphatic carbocycles. The molecule has 0 amide bonds. The average Bonchev–Trinajstić information content (AvgIpc) is 2.34. The van der Waals surface area contributed by atoms with Crippen LogP contribution in [0.3, 0.4) is 0 Å². The van der Waals surface area contributed by atoms with E-state index in [1.54, 1.807) is 14.0 Å². The number of rotatable bonds is 7. The molecule has 21 heavy (non-hydrogen) atoms. The zero-order valence-electron chi connectivity index (χ0n) is 13.5. The molecule has 5 nitrogen and oxygen atoms in total. The topological polar surface area (TPSA) is 69.6 Å². The lowest BCUT2D eigenvalue weighted by Crippen LogP contribution is -2.30. The normalized spacial score (nSPS) is 13.5. The third-order valence-corrected chi connectivity index (χ3v) is 5.53. The van der Waals surface area contributed by atoms with Crippen LogP contribution in [-0.2, 0) is 10.0 Å². The van der Waals surface area contributed by atoms with Crippen molar-refractivity contribution < 1.29 is 13.5 Å². The van der Waals surface area contributed by atoms with Crippen molar-refractivity contribution in [2.45, 2.75) is 45.1 Å². The zero-order valence-corrected chi connectivity index (χ0v) is 14.3.